The van der Waals surface area contributed by atoms with Crippen molar-refractivity contribution in [3.63, 3.8) is 0 Å². The summed E-state index contributed by atoms with van der Waals surface area (Å²) in [5.41, 5.74) is 5.67. The number of anilines is 1. The Morgan fingerprint density at radius 2 is 1.84 bits per heavy atom. The largest absolute Gasteiger partial charge is 0.491 e. The van der Waals surface area contributed by atoms with Crippen molar-refractivity contribution >= 4 is 27.3 Å². The van der Waals surface area contributed by atoms with E-state index in [-0.39, 0.29) is 23.5 Å². The van der Waals surface area contributed by atoms with E-state index < -0.39 is 21.7 Å². The van der Waals surface area contributed by atoms with E-state index in [1.54, 1.807) is 24.3 Å². The molecule has 2 aromatic rings. The van der Waals surface area contributed by atoms with Crippen molar-refractivity contribution in [2.24, 2.45) is 5.73 Å². The number of hydrogen-bond acceptors (Lipinski definition) is 5. The number of amides is 2. The van der Waals surface area contributed by atoms with E-state index in [0.717, 1.165) is 6.26 Å². The number of nitrogens with one attached hydrogen (secondary N) is 1. The third-order valence-corrected chi connectivity index (χ3v) is 4.38. The van der Waals surface area contributed by atoms with E-state index in [0.29, 0.717) is 11.4 Å². The van der Waals surface area contributed by atoms with Gasteiger partial charge in [0.05, 0.1) is 23.6 Å². The number of rotatable bonds is 7. The van der Waals surface area contributed by atoms with Crippen LogP contribution in [0.5, 0.6) is 5.75 Å². The van der Waals surface area contributed by atoms with E-state index in [9.17, 15) is 18.0 Å². The Labute approximate surface area is 145 Å². The van der Waals surface area contributed by atoms with Crippen LogP contribution in [0.3, 0.4) is 0 Å². The van der Waals surface area contributed by atoms with Crippen LogP contribution in [-0.4, -0.2) is 33.1 Å². The van der Waals surface area contributed by atoms with Crippen LogP contribution in [0.15, 0.2) is 53.4 Å². The summed E-state index contributed by atoms with van der Waals surface area (Å²) in [5.74, 6) is -0.577. The van der Waals surface area contributed by atoms with Gasteiger partial charge in [0.25, 0.3) is 5.91 Å². The van der Waals surface area contributed by atoms with Crippen molar-refractivity contribution in [2.45, 2.75) is 11.3 Å². The summed E-state index contributed by atoms with van der Waals surface area (Å²) in [6.07, 6.45) is 1.13. The van der Waals surface area contributed by atoms with Gasteiger partial charge in [-0.2, -0.15) is 0 Å². The van der Waals surface area contributed by atoms with Crippen molar-refractivity contribution in [3.8, 4) is 5.75 Å². The molecule has 0 aliphatic heterocycles. The third kappa shape index (κ3) is 5.32. The van der Waals surface area contributed by atoms with Crippen LogP contribution in [-0.2, 0) is 14.6 Å². The van der Waals surface area contributed by atoms with Crippen LogP contribution < -0.4 is 15.8 Å². The molecule has 25 heavy (non-hydrogen) atoms. The van der Waals surface area contributed by atoms with Crippen LogP contribution in [0.25, 0.3) is 0 Å². The van der Waals surface area contributed by atoms with Crippen LogP contribution >= 0.6 is 0 Å². The summed E-state index contributed by atoms with van der Waals surface area (Å²) >= 11 is 0. The number of carbonyl (C=O) groups is 2. The summed E-state index contributed by atoms with van der Waals surface area (Å²) in [6.45, 7) is 0.0891. The number of benzene rings is 2. The molecule has 0 fully saturated rings. The van der Waals surface area contributed by atoms with Crippen molar-refractivity contribution in [1.82, 2.24) is 0 Å². The first-order chi connectivity index (χ1) is 11.8. The highest BCUT2D eigenvalue weighted by Crippen LogP contribution is 2.24. The fourth-order valence-corrected chi connectivity index (χ4v) is 2.69. The molecule has 132 valence electrons. The zero-order valence-electron chi connectivity index (χ0n) is 13.6. The number of primary amides is 1. The molecule has 0 unspecified atom stereocenters. The molecular weight excluding hydrogens is 344 g/mol. The van der Waals surface area contributed by atoms with Crippen molar-refractivity contribution in [1.29, 1.82) is 0 Å². The van der Waals surface area contributed by atoms with Crippen LogP contribution in [0.2, 0.25) is 0 Å². The van der Waals surface area contributed by atoms with Gasteiger partial charge in [0.1, 0.15) is 5.75 Å². The van der Waals surface area contributed by atoms with E-state index in [2.05, 4.69) is 5.32 Å². The third-order valence-electron chi connectivity index (χ3n) is 3.27. The van der Waals surface area contributed by atoms with Crippen LogP contribution in [0.4, 0.5) is 5.69 Å². The molecule has 2 amide bonds. The van der Waals surface area contributed by atoms with Gasteiger partial charge in [-0.25, -0.2) is 8.42 Å². The van der Waals surface area contributed by atoms with Crippen LogP contribution in [0.1, 0.15) is 16.8 Å². The van der Waals surface area contributed by atoms with Crippen molar-refractivity contribution < 1.29 is 22.7 Å². The highest BCUT2D eigenvalue weighted by Gasteiger charge is 2.13. The quantitative estimate of drug-likeness (QED) is 0.776. The molecule has 2 rings (SSSR count). The minimum absolute atomic E-state index is 0.0543. The molecule has 0 heterocycles. The maximum Gasteiger partial charge on any atom is 0.255 e. The lowest BCUT2D eigenvalue weighted by atomic mass is 10.2. The second kappa shape index (κ2) is 7.80. The summed E-state index contributed by atoms with van der Waals surface area (Å²) in [6, 6.07) is 12.5. The summed E-state index contributed by atoms with van der Waals surface area (Å²) < 4.78 is 28.7. The molecule has 0 aliphatic rings. The Morgan fingerprint density at radius 1 is 1.12 bits per heavy atom. The van der Waals surface area contributed by atoms with Gasteiger partial charge < -0.3 is 15.8 Å². The normalized spacial score (nSPS) is 10.9. The molecule has 2 aromatic carbocycles. The van der Waals surface area contributed by atoms with E-state index >= 15 is 0 Å². The fraction of sp³-hybridized carbons (Fsp3) is 0.176. The zero-order chi connectivity index (χ0) is 18.4. The molecule has 0 saturated heterocycles. The van der Waals surface area contributed by atoms with E-state index in [1.807, 2.05) is 0 Å². The first-order valence-corrected chi connectivity index (χ1v) is 9.28. The smallest absolute Gasteiger partial charge is 0.255 e. The number of sulfone groups is 1. The van der Waals surface area contributed by atoms with Gasteiger partial charge in [-0.15, -0.1) is 0 Å². The molecule has 0 aliphatic carbocycles. The Balaban J connectivity index is 2.17. The minimum atomic E-state index is -3.41. The second-order valence-electron chi connectivity index (χ2n) is 5.32. The maximum atomic E-state index is 12.4. The molecule has 8 heteroatoms. The molecule has 0 saturated carbocycles. The van der Waals surface area contributed by atoms with Gasteiger partial charge >= 0.3 is 0 Å². The molecular formula is C17H18N2O5S. The lowest BCUT2D eigenvalue weighted by Crippen LogP contribution is -2.16. The van der Waals surface area contributed by atoms with Gasteiger partial charge in [0.2, 0.25) is 5.91 Å². The predicted octanol–water partition coefficient (Wildman–Crippen LogP) is 1.60. The van der Waals surface area contributed by atoms with Gasteiger partial charge in [0.15, 0.2) is 9.84 Å². The van der Waals surface area contributed by atoms with Gasteiger partial charge in [-0.05, 0) is 30.3 Å². The van der Waals surface area contributed by atoms with Crippen molar-refractivity contribution in [3.05, 3.63) is 54.1 Å². The number of para-hydroxylation sites is 2. The first kappa shape index (κ1) is 18.5. The number of ether oxygens (including phenoxy) is 1. The van der Waals surface area contributed by atoms with Gasteiger partial charge in [-0.3, -0.25) is 9.59 Å². The highest BCUT2D eigenvalue weighted by molar-refractivity contribution is 7.90. The molecule has 0 spiro atoms. The number of nitrogens with two attached hydrogens (primary N) is 1. The van der Waals surface area contributed by atoms with Gasteiger partial charge in [0, 0.05) is 11.8 Å². The topological polar surface area (TPSA) is 116 Å². The minimum Gasteiger partial charge on any atom is -0.491 e. The fourth-order valence-electron chi connectivity index (χ4n) is 2.02. The maximum absolute atomic E-state index is 12.4. The van der Waals surface area contributed by atoms with Gasteiger partial charge in [-0.1, -0.05) is 18.2 Å². The lowest BCUT2D eigenvalue weighted by Gasteiger charge is -2.12. The summed E-state index contributed by atoms with van der Waals surface area (Å²) in [4.78, 5) is 23.2. The lowest BCUT2D eigenvalue weighted by molar-refractivity contribution is -0.118. The number of carbonyl (C=O) groups excluding carboxylic acids is 2. The Bertz CT molecular complexity index is 893. The average Bonchev–Trinajstić information content (AvgIpc) is 2.55. The second-order valence-corrected chi connectivity index (χ2v) is 7.33. The molecule has 0 bridgehead atoms. The first-order valence-electron chi connectivity index (χ1n) is 7.39. The molecule has 0 atom stereocenters. The average molecular weight is 362 g/mol. The monoisotopic (exact) mass is 362 g/mol. The number of hydrogen-bond donors (Lipinski definition) is 2. The summed E-state index contributed by atoms with van der Waals surface area (Å²) in [7, 11) is -3.41. The SMILES string of the molecule is CS(=O)(=O)c1cccc(C(=O)Nc2ccccc2OCCC(N)=O)c1. The van der Waals surface area contributed by atoms with Crippen LogP contribution in [0, 0.1) is 0 Å². The Morgan fingerprint density at radius 3 is 2.52 bits per heavy atom. The molecule has 3 N–H and O–H groups in total. The molecule has 0 aromatic heterocycles. The Kier molecular flexibility index (Phi) is 5.76. The van der Waals surface area contributed by atoms with E-state index in [4.69, 9.17) is 10.5 Å². The molecule has 7 nitrogen and oxygen atoms in total. The standard InChI is InChI=1S/C17H18N2O5S/c1-25(22,23)13-6-4-5-12(11-13)17(21)19-14-7-2-3-8-15(14)24-10-9-16(18)20/h2-8,11H,9-10H2,1H3,(H2,18,20)(H,19,21). The molecule has 0 radical (unpaired) electrons. The Hall–Kier alpha value is -2.87. The van der Waals surface area contributed by atoms with Crippen molar-refractivity contribution in [2.75, 3.05) is 18.2 Å². The van der Waals surface area contributed by atoms with E-state index in [1.165, 1.54) is 24.3 Å². The zero-order valence-corrected chi connectivity index (χ0v) is 14.4. The highest BCUT2D eigenvalue weighted by atomic mass is 32.2. The summed E-state index contributed by atoms with van der Waals surface area (Å²) in [5, 5.41) is 2.67. The predicted molar refractivity (Wildman–Crippen MR) is 93.3 cm³/mol.